The number of rotatable bonds is 5. The predicted octanol–water partition coefficient (Wildman–Crippen LogP) is 6.44. The number of nitrogens with one attached hydrogen (secondary N) is 1. The molecule has 1 aromatic heterocycles. The fourth-order valence-electron chi connectivity index (χ4n) is 2.73. The zero-order chi connectivity index (χ0) is 21.3. The quantitative estimate of drug-likeness (QED) is 0.360. The van der Waals surface area contributed by atoms with Crippen LogP contribution in [0.2, 0.25) is 0 Å². The van der Waals surface area contributed by atoms with Crippen molar-refractivity contribution in [2.24, 2.45) is 0 Å². The van der Waals surface area contributed by atoms with Crippen LogP contribution in [0.3, 0.4) is 0 Å². The van der Waals surface area contributed by atoms with Crippen LogP contribution in [-0.4, -0.2) is 16.1 Å². The highest BCUT2D eigenvalue weighted by molar-refractivity contribution is 9.11. The van der Waals surface area contributed by atoms with Crippen LogP contribution < -0.4 is 9.64 Å². The van der Waals surface area contributed by atoms with Gasteiger partial charge in [-0.05, 0) is 52.0 Å². The normalized spacial score (nSPS) is 15.3. The smallest absolute Gasteiger partial charge is 0.273 e. The molecule has 0 radical (unpaired) electrons. The summed E-state index contributed by atoms with van der Waals surface area (Å²) in [7, 11) is 0. The first-order chi connectivity index (χ1) is 14.4. The van der Waals surface area contributed by atoms with Crippen LogP contribution in [-0.2, 0) is 11.4 Å². The lowest BCUT2D eigenvalue weighted by Crippen LogP contribution is -2.27. The summed E-state index contributed by atoms with van der Waals surface area (Å²) in [5.41, 5.74) is 1.05. The molecule has 0 bridgehead atoms. The lowest BCUT2D eigenvalue weighted by molar-refractivity contribution is -0.113. The highest BCUT2D eigenvalue weighted by Crippen LogP contribution is 2.40. The van der Waals surface area contributed by atoms with E-state index in [2.05, 4.69) is 36.8 Å². The molecule has 0 atom stereocenters. The number of hydrogen-bond acceptors (Lipinski definition) is 6. The number of ether oxygens (including phenoxy) is 1. The maximum atomic E-state index is 14.0. The Morgan fingerprint density at radius 3 is 2.80 bits per heavy atom. The van der Waals surface area contributed by atoms with Gasteiger partial charge >= 0.3 is 0 Å². The number of thiazole rings is 1. The number of aromatic nitrogens is 1. The largest absolute Gasteiger partial charge is 0.487 e. The SMILES string of the molecule is N=C1S/C(=C\c2cc(Br)cc(Br)c2OCc2ccccc2F)C(=O)N1c1nccs1. The van der Waals surface area contributed by atoms with E-state index in [1.807, 2.05) is 6.07 Å². The molecule has 0 saturated carbocycles. The van der Waals surface area contributed by atoms with Gasteiger partial charge in [0.05, 0.1) is 9.38 Å². The molecule has 3 aromatic rings. The molecule has 1 N–H and O–H groups in total. The molecule has 152 valence electrons. The van der Waals surface area contributed by atoms with E-state index in [-0.39, 0.29) is 23.5 Å². The Morgan fingerprint density at radius 1 is 1.27 bits per heavy atom. The Hall–Kier alpha value is -2.01. The van der Waals surface area contributed by atoms with Gasteiger partial charge in [-0.15, -0.1) is 11.3 Å². The van der Waals surface area contributed by atoms with Crippen LogP contribution in [0.25, 0.3) is 6.08 Å². The first-order valence-electron chi connectivity index (χ1n) is 8.51. The molecule has 2 heterocycles. The molecule has 0 unspecified atom stereocenters. The van der Waals surface area contributed by atoms with Crippen molar-refractivity contribution >= 4 is 77.2 Å². The van der Waals surface area contributed by atoms with Gasteiger partial charge in [0.25, 0.3) is 5.91 Å². The van der Waals surface area contributed by atoms with E-state index >= 15 is 0 Å². The molecule has 2 aromatic carbocycles. The van der Waals surface area contributed by atoms with Crippen LogP contribution in [0.4, 0.5) is 9.52 Å². The van der Waals surface area contributed by atoms with Gasteiger partial charge in [-0.3, -0.25) is 10.2 Å². The van der Waals surface area contributed by atoms with Crippen LogP contribution in [0.1, 0.15) is 11.1 Å². The number of halogens is 3. The van der Waals surface area contributed by atoms with E-state index in [1.165, 1.54) is 22.3 Å². The second kappa shape index (κ2) is 9.01. The number of thioether (sulfide) groups is 1. The van der Waals surface area contributed by atoms with Crippen LogP contribution >= 0.6 is 55.0 Å². The Kier molecular flexibility index (Phi) is 6.37. The second-order valence-electron chi connectivity index (χ2n) is 6.06. The van der Waals surface area contributed by atoms with Gasteiger partial charge in [-0.1, -0.05) is 34.1 Å². The second-order valence-corrected chi connectivity index (χ2v) is 9.73. The molecule has 1 fully saturated rings. The van der Waals surface area contributed by atoms with E-state index in [4.69, 9.17) is 10.1 Å². The number of benzene rings is 2. The number of anilines is 1. The van der Waals surface area contributed by atoms with Crippen molar-refractivity contribution < 1.29 is 13.9 Å². The van der Waals surface area contributed by atoms with Crippen LogP contribution in [0.5, 0.6) is 5.75 Å². The fraction of sp³-hybridized carbons (Fsp3) is 0.0500. The lowest BCUT2D eigenvalue weighted by Gasteiger charge is -2.13. The molecule has 1 saturated heterocycles. The first-order valence-corrected chi connectivity index (χ1v) is 11.8. The molecule has 1 amide bonds. The van der Waals surface area contributed by atoms with Crippen molar-refractivity contribution in [1.82, 2.24) is 4.98 Å². The molecule has 1 aliphatic rings. The van der Waals surface area contributed by atoms with Crippen molar-refractivity contribution in [3.63, 3.8) is 0 Å². The number of amidine groups is 1. The zero-order valence-electron chi connectivity index (χ0n) is 15.1. The van der Waals surface area contributed by atoms with Crippen LogP contribution in [0.15, 0.2) is 61.8 Å². The Bertz CT molecular complexity index is 1170. The van der Waals surface area contributed by atoms with Crippen molar-refractivity contribution in [3.05, 3.63) is 78.8 Å². The molecule has 0 spiro atoms. The van der Waals surface area contributed by atoms with E-state index in [0.717, 1.165) is 16.2 Å². The Morgan fingerprint density at radius 2 is 2.07 bits per heavy atom. The van der Waals surface area contributed by atoms with E-state index in [1.54, 1.807) is 41.9 Å². The van der Waals surface area contributed by atoms with Gasteiger partial charge in [0.1, 0.15) is 18.2 Å². The standard InChI is InChI=1S/C20H12Br2FN3O2S2/c21-13-7-12(8-16-18(27)26(19(24)30-16)20-25-5-6-29-20)17(14(22)9-13)28-10-11-3-1-2-4-15(11)23/h1-9,24H,10H2/b16-8-,24-19?. The summed E-state index contributed by atoms with van der Waals surface area (Å²) >= 11 is 9.27. The fourth-order valence-corrected chi connectivity index (χ4v) is 5.64. The average molecular weight is 569 g/mol. The monoisotopic (exact) mass is 567 g/mol. The van der Waals surface area contributed by atoms with Gasteiger partial charge in [-0.25, -0.2) is 14.3 Å². The first kappa shape index (κ1) is 21.2. The molecule has 0 aliphatic carbocycles. The maximum absolute atomic E-state index is 14.0. The lowest BCUT2D eigenvalue weighted by atomic mass is 10.1. The minimum absolute atomic E-state index is 0.0330. The third kappa shape index (κ3) is 4.36. The van der Waals surface area contributed by atoms with Gasteiger partial charge < -0.3 is 4.74 Å². The third-order valence-corrected chi connectivity index (χ3v) is 6.78. The molecular weight excluding hydrogens is 557 g/mol. The Labute approximate surface area is 196 Å². The number of carbonyl (C=O) groups excluding carboxylic acids is 1. The number of nitrogens with zero attached hydrogens (tertiary/aromatic N) is 2. The molecule has 1 aliphatic heterocycles. The summed E-state index contributed by atoms with van der Waals surface area (Å²) in [6, 6.07) is 10.0. The van der Waals surface area contributed by atoms with Crippen molar-refractivity contribution in [2.75, 3.05) is 4.90 Å². The van der Waals surface area contributed by atoms with E-state index < -0.39 is 0 Å². The molecule has 30 heavy (non-hydrogen) atoms. The van der Waals surface area contributed by atoms with Gasteiger partial charge in [0, 0.05) is 27.2 Å². The number of amides is 1. The number of carbonyl (C=O) groups is 1. The Balaban J connectivity index is 1.66. The third-order valence-electron chi connectivity index (χ3n) is 4.09. The minimum Gasteiger partial charge on any atom is -0.487 e. The molecule has 5 nitrogen and oxygen atoms in total. The average Bonchev–Trinajstić information content (AvgIpc) is 3.30. The molecule has 10 heteroatoms. The summed E-state index contributed by atoms with van der Waals surface area (Å²) < 4.78 is 21.3. The number of hydrogen-bond donors (Lipinski definition) is 1. The summed E-state index contributed by atoms with van der Waals surface area (Å²) in [5.74, 6) is -0.197. The van der Waals surface area contributed by atoms with E-state index in [0.29, 0.717) is 31.4 Å². The molecule has 4 rings (SSSR count). The highest BCUT2D eigenvalue weighted by atomic mass is 79.9. The maximum Gasteiger partial charge on any atom is 0.273 e. The minimum atomic E-state index is -0.347. The van der Waals surface area contributed by atoms with Crippen molar-refractivity contribution in [1.29, 1.82) is 5.41 Å². The summed E-state index contributed by atoms with van der Waals surface area (Å²) in [6.07, 6.45) is 3.26. The van der Waals surface area contributed by atoms with E-state index in [9.17, 15) is 9.18 Å². The van der Waals surface area contributed by atoms with Gasteiger partial charge in [-0.2, -0.15) is 0 Å². The molecular formula is C20H12Br2FN3O2S2. The highest BCUT2D eigenvalue weighted by Gasteiger charge is 2.35. The predicted molar refractivity (Wildman–Crippen MR) is 125 cm³/mol. The zero-order valence-corrected chi connectivity index (χ0v) is 19.9. The van der Waals surface area contributed by atoms with Crippen LogP contribution in [0, 0.1) is 11.2 Å². The summed E-state index contributed by atoms with van der Waals surface area (Å²) in [4.78, 5) is 18.6. The van der Waals surface area contributed by atoms with Gasteiger partial charge in [0.15, 0.2) is 10.3 Å². The summed E-state index contributed by atoms with van der Waals surface area (Å²) in [5, 5.41) is 10.5. The summed E-state index contributed by atoms with van der Waals surface area (Å²) in [6.45, 7) is 0.0330. The van der Waals surface area contributed by atoms with Crippen molar-refractivity contribution in [3.8, 4) is 5.75 Å². The van der Waals surface area contributed by atoms with Gasteiger partial charge in [0.2, 0.25) is 0 Å². The topological polar surface area (TPSA) is 66.3 Å². The van der Waals surface area contributed by atoms with Crippen molar-refractivity contribution in [2.45, 2.75) is 6.61 Å².